The summed E-state index contributed by atoms with van der Waals surface area (Å²) in [5, 5.41) is 3.10. The first-order valence-corrected chi connectivity index (χ1v) is 6.86. The van der Waals surface area contributed by atoms with Crippen LogP contribution in [0.2, 0.25) is 0 Å². The van der Waals surface area contributed by atoms with Crippen LogP contribution in [0.4, 0.5) is 0 Å². The maximum absolute atomic E-state index is 12.0. The number of halogens is 2. The Bertz CT molecular complexity index is 250. The molecule has 0 aliphatic carbocycles. The van der Waals surface area contributed by atoms with Crippen LogP contribution in [0, 0.1) is 0 Å². The van der Waals surface area contributed by atoms with E-state index < -0.39 is 0 Å². The number of piperidine rings is 1. The first-order chi connectivity index (χ1) is 8.69. The molecule has 0 spiro atoms. The number of hydrogen-bond acceptors (Lipinski definition) is 4. The lowest BCUT2D eigenvalue weighted by molar-refractivity contribution is -0.131. The Balaban J connectivity index is 0. The molecular formula is C13H29Cl2N3O2. The number of likely N-dealkylation sites (tertiary alicyclic amines) is 1. The van der Waals surface area contributed by atoms with Gasteiger partial charge in [-0.2, -0.15) is 0 Å². The Kier molecular flexibility index (Phi) is 14.1. The molecule has 1 saturated heterocycles. The van der Waals surface area contributed by atoms with Gasteiger partial charge in [-0.15, -0.1) is 24.8 Å². The van der Waals surface area contributed by atoms with E-state index in [1.807, 2.05) is 11.9 Å². The van der Waals surface area contributed by atoms with Gasteiger partial charge in [-0.3, -0.25) is 4.79 Å². The third-order valence-electron chi connectivity index (χ3n) is 3.70. The number of nitrogens with one attached hydrogen (secondary N) is 1. The molecule has 0 bridgehead atoms. The van der Waals surface area contributed by atoms with Gasteiger partial charge in [0.1, 0.15) is 0 Å². The van der Waals surface area contributed by atoms with Gasteiger partial charge in [-0.25, -0.2) is 0 Å². The van der Waals surface area contributed by atoms with Crippen LogP contribution in [0.3, 0.4) is 0 Å². The maximum Gasteiger partial charge on any atom is 0.236 e. The third-order valence-corrected chi connectivity index (χ3v) is 3.70. The van der Waals surface area contributed by atoms with Gasteiger partial charge >= 0.3 is 0 Å². The fourth-order valence-corrected chi connectivity index (χ4v) is 2.32. The van der Waals surface area contributed by atoms with Crippen molar-refractivity contribution in [1.29, 1.82) is 0 Å². The van der Waals surface area contributed by atoms with Crippen LogP contribution in [0.15, 0.2) is 0 Å². The molecule has 20 heavy (non-hydrogen) atoms. The number of ether oxygens (including phenoxy) is 1. The van der Waals surface area contributed by atoms with E-state index in [0.29, 0.717) is 19.2 Å². The van der Waals surface area contributed by atoms with E-state index in [1.165, 1.54) is 0 Å². The number of carbonyl (C=O) groups is 1. The smallest absolute Gasteiger partial charge is 0.236 e. The predicted octanol–water partition coefficient (Wildman–Crippen LogP) is 1.01. The number of amides is 1. The molecule has 1 aliphatic heterocycles. The molecule has 1 fully saturated rings. The second-order valence-electron chi connectivity index (χ2n) is 4.84. The highest BCUT2D eigenvalue weighted by Crippen LogP contribution is 2.14. The molecular weight excluding hydrogens is 301 g/mol. The Labute approximate surface area is 135 Å². The predicted molar refractivity (Wildman–Crippen MR) is 87.1 cm³/mol. The summed E-state index contributed by atoms with van der Waals surface area (Å²) in [6.45, 7) is 7.30. The summed E-state index contributed by atoms with van der Waals surface area (Å²) < 4.78 is 4.93. The number of carbonyl (C=O) groups excluding carboxylic acids is 1. The SMILES string of the molecule is CCN1CCC(N(C)C(=O)CNCCOC)CC1.Cl.Cl. The highest BCUT2D eigenvalue weighted by atomic mass is 35.5. The topological polar surface area (TPSA) is 44.8 Å². The molecule has 122 valence electrons. The highest BCUT2D eigenvalue weighted by Gasteiger charge is 2.24. The zero-order valence-corrected chi connectivity index (χ0v) is 14.4. The van der Waals surface area contributed by atoms with E-state index in [4.69, 9.17) is 4.74 Å². The van der Waals surface area contributed by atoms with Crippen molar-refractivity contribution in [2.45, 2.75) is 25.8 Å². The third kappa shape index (κ3) is 7.64. The molecule has 1 rings (SSSR count). The molecule has 0 saturated carbocycles. The van der Waals surface area contributed by atoms with Crippen LogP contribution in [0.25, 0.3) is 0 Å². The summed E-state index contributed by atoms with van der Waals surface area (Å²) in [4.78, 5) is 16.3. The molecule has 1 aliphatic rings. The lowest BCUT2D eigenvalue weighted by Crippen LogP contribution is -2.47. The molecule has 1 heterocycles. The minimum Gasteiger partial charge on any atom is -0.383 e. The lowest BCUT2D eigenvalue weighted by Gasteiger charge is -2.36. The van der Waals surface area contributed by atoms with E-state index in [0.717, 1.165) is 39.0 Å². The molecule has 5 nitrogen and oxygen atoms in total. The summed E-state index contributed by atoms with van der Waals surface area (Å²) in [7, 11) is 3.59. The van der Waals surface area contributed by atoms with Gasteiger partial charge in [-0.05, 0) is 19.4 Å². The highest BCUT2D eigenvalue weighted by molar-refractivity contribution is 5.85. The first-order valence-electron chi connectivity index (χ1n) is 6.86. The van der Waals surface area contributed by atoms with E-state index in [9.17, 15) is 4.79 Å². The minimum absolute atomic E-state index is 0. The van der Waals surface area contributed by atoms with Crippen LogP contribution in [0.5, 0.6) is 0 Å². The molecule has 0 aromatic heterocycles. The van der Waals surface area contributed by atoms with Crippen molar-refractivity contribution in [2.75, 3.05) is 53.5 Å². The second-order valence-corrected chi connectivity index (χ2v) is 4.84. The number of nitrogens with zero attached hydrogens (tertiary/aromatic N) is 2. The molecule has 1 amide bonds. The van der Waals surface area contributed by atoms with Crippen LogP contribution in [0.1, 0.15) is 19.8 Å². The van der Waals surface area contributed by atoms with Crippen molar-refractivity contribution >= 4 is 30.7 Å². The summed E-state index contributed by atoms with van der Waals surface area (Å²) in [5.74, 6) is 0.182. The summed E-state index contributed by atoms with van der Waals surface area (Å²) >= 11 is 0. The monoisotopic (exact) mass is 329 g/mol. The van der Waals surface area contributed by atoms with Gasteiger partial charge in [0, 0.05) is 39.8 Å². The van der Waals surface area contributed by atoms with Crippen molar-refractivity contribution < 1.29 is 9.53 Å². The van der Waals surface area contributed by atoms with Crippen molar-refractivity contribution in [2.24, 2.45) is 0 Å². The number of hydrogen-bond donors (Lipinski definition) is 1. The Hall–Kier alpha value is -0.0700. The standard InChI is InChI=1S/C13H27N3O2.2ClH/c1-4-16-8-5-12(6-9-16)15(2)13(17)11-14-7-10-18-3;;/h12,14H,4-11H2,1-3H3;2*1H. The fraction of sp³-hybridized carbons (Fsp3) is 0.923. The van der Waals surface area contributed by atoms with Crippen molar-refractivity contribution in [3.8, 4) is 0 Å². The maximum atomic E-state index is 12.0. The molecule has 0 unspecified atom stereocenters. The lowest BCUT2D eigenvalue weighted by atomic mass is 10.0. The van der Waals surface area contributed by atoms with Gasteiger partial charge < -0.3 is 19.9 Å². The molecule has 0 atom stereocenters. The van der Waals surface area contributed by atoms with Crippen LogP contribution < -0.4 is 5.32 Å². The van der Waals surface area contributed by atoms with E-state index in [1.54, 1.807) is 7.11 Å². The largest absolute Gasteiger partial charge is 0.383 e. The van der Waals surface area contributed by atoms with Crippen molar-refractivity contribution in [1.82, 2.24) is 15.1 Å². The van der Waals surface area contributed by atoms with E-state index >= 15 is 0 Å². The summed E-state index contributed by atoms with van der Waals surface area (Å²) in [6.07, 6.45) is 2.18. The van der Waals surface area contributed by atoms with Gasteiger partial charge in [0.2, 0.25) is 5.91 Å². The first kappa shape index (κ1) is 22.2. The van der Waals surface area contributed by atoms with Gasteiger partial charge in [0.25, 0.3) is 0 Å². The van der Waals surface area contributed by atoms with Crippen LogP contribution in [-0.4, -0.2) is 75.2 Å². The van der Waals surface area contributed by atoms with Gasteiger partial charge in [0.15, 0.2) is 0 Å². The average molecular weight is 330 g/mol. The normalized spacial score (nSPS) is 16.1. The second kappa shape index (κ2) is 12.7. The van der Waals surface area contributed by atoms with Crippen LogP contribution >= 0.6 is 24.8 Å². The zero-order chi connectivity index (χ0) is 13.4. The fourth-order valence-electron chi connectivity index (χ4n) is 2.32. The summed E-state index contributed by atoms with van der Waals surface area (Å²) in [6, 6.07) is 0.407. The van der Waals surface area contributed by atoms with Crippen molar-refractivity contribution in [3.05, 3.63) is 0 Å². The van der Waals surface area contributed by atoms with Gasteiger partial charge in [0.05, 0.1) is 13.2 Å². The van der Waals surface area contributed by atoms with E-state index in [2.05, 4.69) is 17.1 Å². The van der Waals surface area contributed by atoms with Crippen molar-refractivity contribution in [3.63, 3.8) is 0 Å². The Morgan fingerprint density at radius 2 is 1.95 bits per heavy atom. The minimum atomic E-state index is 0. The average Bonchev–Trinajstić information content (AvgIpc) is 2.42. The Morgan fingerprint density at radius 1 is 1.35 bits per heavy atom. The van der Waals surface area contributed by atoms with Gasteiger partial charge in [-0.1, -0.05) is 6.92 Å². The number of methoxy groups -OCH3 is 1. The summed E-state index contributed by atoms with van der Waals surface area (Å²) in [5.41, 5.74) is 0. The number of likely N-dealkylation sites (N-methyl/N-ethyl adjacent to an activating group) is 1. The van der Waals surface area contributed by atoms with E-state index in [-0.39, 0.29) is 30.7 Å². The molecule has 0 aromatic carbocycles. The van der Waals surface area contributed by atoms with Crippen LogP contribution in [-0.2, 0) is 9.53 Å². The molecule has 0 aromatic rings. The molecule has 0 radical (unpaired) electrons. The Morgan fingerprint density at radius 3 is 2.45 bits per heavy atom. The quantitative estimate of drug-likeness (QED) is 0.708. The zero-order valence-electron chi connectivity index (χ0n) is 12.8. The molecule has 7 heteroatoms. The molecule has 1 N–H and O–H groups in total. The number of rotatable bonds is 7.